The number of carbonyl (C=O) groups excluding carboxylic acids is 1. The Kier molecular flexibility index (Phi) is 4.80. The van der Waals surface area contributed by atoms with Gasteiger partial charge in [-0.3, -0.25) is 4.79 Å². The highest BCUT2D eigenvalue weighted by atomic mass is 32.2. The lowest BCUT2D eigenvalue weighted by atomic mass is 10.1. The number of carbonyl (C=O) groups is 1. The van der Waals surface area contributed by atoms with Crippen molar-refractivity contribution < 1.29 is 22.7 Å². The number of nitrogens with one attached hydrogen (secondary N) is 1. The number of halogens is 1. The third-order valence-corrected chi connectivity index (χ3v) is 5.33. The van der Waals surface area contributed by atoms with Gasteiger partial charge in [-0.25, -0.2) is 18.2 Å². The van der Waals surface area contributed by atoms with Gasteiger partial charge in [0.05, 0.1) is 17.2 Å². The van der Waals surface area contributed by atoms with Gasteiger partial charge in [0.2, 0.25) is 5.91 Å². The van der Waals surface area contributed by atoms with Crippen LogP contribution >= 0.6 is 0 Å². The SMILES string of the molecule is C/C(=N\NC(=O)C[C@H]1CCS(=O)(=O)C1)c1cc(F)ccc1O. The normalized spacial score (nSPS) is 20.8. The molecule has 1 amide bonds. The van der Waals surface area contributed by atoms with Crippen molar-refractivity contribution in [1.29, 1.82) is 0 Å². The Morgan fingerprint density at radius 3 is 2.86 bits per heavy atom. The van der Waals surface area contributed by atoms with Crippen LogP contribution in [0, 0.1) is 11.7 Å². The van der Waals surface area contributed by atoms with E-state index >= 15 is 0 Å². The van der Waals surface area contributed by atoms with Crippen molar-refractivity contribution in [3.8, 4) is 5.75 Å². The molecule has 1 heterocycles. The minimum Gasteiger partial charge on any atom is -0.507 e. The molecule has 0 aromatic heterocycles. The molecule has 22 heavy (non-hydrogen) atoms. The molecular formula is C14H17FN2O4S. The summed E-state index contributed by atoms with van der Waals surface area (Å²) in [6, 6.07) is 3.43. The Morgan fingerprint density at radius 1 is 1.50 bits per heavy atom. The van der Waals surface area contributed by atoms with E-state index in [0.29, 0.717) is 6.42 Å². The van der Waals surface area contributed by atoms with Gasteiger partial charge in [0, 0.05) is 12.0 Å². The van der Waals surface area contributed by atoms with Crippen LogP contribution < -0.4 is 5.43 Å². The molecule has 2 rings (SSSR count). The largest absolute Gasteiger partial charge is 0.507 e. The van der Waals surface area contributed by atoms with Crippen LogP contribution in [-0.4, -0.2) is 36.6 Å². The molecule has 0 radical (unpaired) electrons. The van der Waals surface area contributed by atoms with Gasteiger partial charge in [0.1, 0.15) is 11.6 Å². The first kappa shape index (κ1) is 16.4. The number of sulfone groups is 1. The summed E-state index contributed by atoms with van der Waals surface area (Å²) in [7, 11) is -3.02. The predicted molar refractivity (Wildman–Crippen MR) is 79.8 cm³/mol. The van der Waals surface area contributed by atoms with E-state index in [1.165, 1.54) is 13.0 Å². The van der Waals surface area contributed by atoms with Crippen LogP contribution in [0.2, 0.25) is 0 Å². The fraction of sp³-hybridized carbons (Fsp3) is 0.429. The Morgan fingerprint density at radius 2 is 2.23 bits per heavy atom. The number of hydrogen-bond acceptors (Lipinski definition) is 5. The monoisotopic (exact) mass is 328 g/mol. The van der Waals surface area contributed by atoms with Crippen LogP contribution in [0.3, 0.4) is 0 Å². The lowest BCUT2D eigenvalue weighted by Crippen LogP contribution is -2.22. The van der Waals surface area contributed by atoms with E-state index in [0.717, 1.165) is 12.1 Å². The van der Waals surface area contributed by atoms with Gasteiger partial charge in [0.25, 0.3) is 0 Å². The molecule has 0 spiro atoms. The van der Waals surface area contributed by atoms with E-state index < -0.39 is 21.6 Å². The van der Waals surface area contributed by atoms with Crippen molar-refractivity contribution in [3.63, 3.8) is 0 Å². The van der Waals surface area contributed by atoms with Crippen molar-refractivity contribution in [2.45, 2.75) is 19.8 Å². The Balaban J connectivity index is 1.96. The maximum atomic E-state index is 13.1. The summed E-state index contributed by atoms with van der Waals surface area (Å²) in [5.74, 6) is -1.12. The summed E-state index contributed by atoms with van der Waals surface area (Å²) in [6.07, 6.45) is 0.550. The average Bonchev–Trinajstić information content (AvgIpc) is 2.78. The number of benzene rings is 1. The van der Waals surface area contributed by atoms with Crippen LogP contribution in [0.5, 0.6) is 5.75 Å². The van der Waals surface area contributed by atoms with Crippen molar-refractivity contribution in [2.75, 3.05) is 11.5 Å². The van der Waals surface area contributed by atoms with E-state index in [-0.39, 0.29) is 40.9 Å². The van der Waals surface area contributed by atoms with Crippen LogP contribution in [0.4, 0.5) is 4.39 Å². The Labute approximate surface area is 128 Å². The zero-order valence-electron chi connectivity index (χ0n) is 12.0. The summed E-state index contributed by atoms with van der Waals surface area (Å²) in [4.78, 5) is 11.7. The third-order valence-electron chi connectivity index (χ3n) is 3.50. The molecule has 1 aromatic carbocycles. The van der Waals surface area contributed by atoms with Crippen molar-refractivity contribution in [2.24, 2.45) is 11.0 Å². The lowest BCUT2D eigenvalue weighted by molar-refractivity contribution is -0.121. The predicted octanol–water partition coefficient (Wildman–Crippen LogP) is 1.20. The van der Waals surface area contributed by atoms with Gasteiger partial charge in [0.15, 0.2) is 9.84 Å². The van der Waals surface area contributed by atoms with E-state index in [4.69, 9.17) is 0 Å². The maximum absolute atomic E-state index is 13.1. The molecule has 1 saturated heterocycles. The second kappa shape index (κ2) is 6.43. The molecule has 0 bridgehead atoms. The van der Waals surface area contributed by atoms with Crippen molar-refractivity contribution in [3.05, 3.63) is 29.6 Å². The van der Waals surface area contributed by atoms with Gasteiger partial charge in [-0.2, -0.15) is 5.10 Å². The summed E-state index contributed by atoms with van der Waals surface area (Å²) in [5.41, 5.74) is 2.74. The van der Waals surface area contributed by atoms with Crippen LogP contribution in [0.25, 0.3) is 0 Å². The van der Waals surface area contributed by atoms with E-state index in [1.807, 2.05) is 0 Å². The van der Waals surface area contributed by atoms with Gasteiger partial charge in [-0.05, 0) is 37.5 Å². The molecule has 1 fully saturated rings. The highest BCUT2D eigenvalue weighted by Gasteiger charge is 2.29. The molecule has 1 aromatic rings. The minimum absolute atomic E-state index is 0.0216. The molecule has 120 valence electrons. The Hall–Kier alpha value is -1.96. The number of hydrogen-bond donors (Lipinski definition) is 2. The smallest absolute Gasteiger partial charge is 0.240 e. The van der Waals surface area contributed by atoms with Crippen molar-refractivity contribution >= 4 is 21.5 Å². The molecule has 1 aliphatic heterocycles. The molecule has 8 heteroatoms. The van der Waals surface area contributed by atoms with Crippen LogP contribution in [0.15, 0.2) is 23.3 Å². The molecule has 0 unspecified atom stereocenters. The van der Waals surface area contributed by atoms with E-state index in [9.17, 15) is 22.7 Å². The topological polar surface area (TPSA) is 95.8 Å². The zero-order valence-corrected chi connectivity index (χ0v) is 12.9. The number of hydrazone groups is 1. The van der Waals surface area contributed by atoms with Crippen LogP contribution in [0.1, 0.15) is 25.3 Å². The number of phenols is 1. The van der Waals surface area contributed by atoms with E-state index in [2.05, 4.69) is 10.5 Å². The second-order valence-electron chi connectivity index (χ2n) is 5.37. The quantitative estimate of drug-likeness (QED) is 0.641. The highest BCUT2D eigenvalue weighted by Crippen LogP contribution is 2.21. The number of phenolic OH excluding ortho intramolecular Hbond substituents is 1. The van der Waals surface area contributed by atoms with Gasteiger partial charge in [-0.15, -0.1) is 0 Å². The van der Waals surface area contributed by atoms with Gasteiger partial charge in [-0.1, -0.05) is 0 Å². The number of aromatic hydroxyl groups is 1. The van der Waals surface area contributed by atoms with Crippen molar-refractivity contribution in [1.82, 2.24) is 5.43 Å². The average molecular weight is 328 g/mol. The summed E-state index contributed by atoms with van der Waals surface area (Å²) in [5, 5.41) is 13.4. The fourth-order valence-corrected chi connectivity index (χ4v) is 4.21. The zero-order chi connectivity index (χ0) is 16.3. The molecule has 1 aliphatic rings. The molecule has 1 atom stereocenters. The lowest BCUT2D eigenvalue weighted by Gasteiger charge is -2.07. The highest BCUT2D eigenvalue weighted by molar-refractivity contribution is 7.91. The number of nitrogens with zero attached hydrogens (tertiary/aromatic N) is 1. The molecule has 0 saturated carbocycles. The molecule has 2 N–H and O–H groups in total. The molecular weight excluding hydrogens is 311 g/mol. The van der Waals surface area contributed by atoms with E-state index in [1.54, 1.807) is 0 Å². The second-order valence-corrected chi connectivity index (χ2v) is 7.60. The first-order chi connectivity index (χ1) is 10.3. The maximum Gasteiger partial charge on any atom is 0.240 e. The van der Waals surface area contributed by atoms with Gasteiger partial charge < -0.3 is 5.11 Å². The summed E-state index contributed by atoms with van der Waals surface area (Å²) in [6.45, 7) is 1.52. The third kappa shape index (κ3) is 4.27. The first-order valence-electron chi connectivity index (χ1n) is 6.79. The fourth-order valence-electron chi connectivity index (χ4n) is 2.35. The number of amides is 1. The molecule has 6 nitrogen and oxygen atoms in total. The number of rotatable bonds is 4. The molecule has 0 aliphatic carbocycles. The Bertz CT molecular complexity index is 716. The summed E-state index contributed by atoms with van der Waals surface area (Å²) >= 11 is 0. The van der Waals surface area contributed by atoms with Crippen LogP contribution in [-0.2, 0) is 14.6 Å². The standard InChI is InChI=1S/C14H17FN2O4S/c1-9(12-7-11(15)2-3-13(12)18)16-17-14(19)6-10-4-5-22(20,21)8-10/h2-3,7,10,18H,4-6,8H2,1H3,(H,17,19)/b16-9+/t10-/m1/s1. The minimum atomic E-state index is -3.02. The summed E-state index contributed by atoms with van der Waals surface area (Å²) < 4.78 is 35.8. The van der Waals surface area contributed by atoms with Gasteiger partial charge >= 0.3 is 0 Å². The first-order valence-corrected chi connectivity index (χ1v) is 8.61.